The molecule has 0 saturated carbocycles. The Morgan fingerprint density at radius 1 is 1.12 bits per heavy atom. The van der Waals surface area contributed by atoms with E-state index in [0.29, 0.717) is 22.4 Å². The number of methoxy groups -OCH3 is 2. The van der Waals surface area contributed by atoms with E-state index < -0.39 is 5.82 Å². The molecule has 0 heterocycles. The van der Waals surface area contributed by atoms with E-state index in [-0.39, 0.29) is 18.0 Å². The summed E-state index contributed by atoms with van der Waals surface area (Å²) in [5.41, 5.74) is 1.06. The lowest BCUT2D eigenvalue weighted by atomic mass is 10.1. The first-order valence-electron chi connectivity index (χ1n) is 7.10. The molecule has 0 atom stereocenters. The van der Waals surface area contributed by atoms with Gasteiger partial charge >= 0.3 is 0 Å². The molecule has 7 heteroatoms. The molecular weight excluding hydrogens is 445 g/mol. The third-order valence-electron chi connectivity index (χ3n) is 3.38. The molecular formula is C17H16Br2FNO3. The molecule has 2 rings (SSSR count). The van der Waals surface area contributed by atoms with Crippen molar-refractivity contribution in [3.8, 4) is 11.5 Å². The largest absolute Gasteiger partial charge is 0.493 e. The number of ether oxygens (including phenoxy) is 2. The topological polar surface area (TPSA) is 47.6 Å². The highest BCUT2D eigenvalue weighted by atomic mass is 79.9. The Morgan fingerprint density at radius 2 is 1.79 bits per heavy atom. The van der Waals surface area contributed by atoms with E-state index in [4.69, 9.17) is 9.47 Å². The van der Waals surface area contributed by atoms with Crippen molar-refractivity contribution >= 4 is 43.5 Å². The lowest BCUT2D eigenvalue weighted by molar-refractivity contribution is -0.116. The van der Waals surface area contributed by atoms with E-state index in [0.717, 1.165) is 10.0 Å². The highest BCUT2D eigenvalue weighted by molar-refractivity contribution is 9.10. The molecule has 24 heavy (non-hydrogen) atoms. The zero-order chi connectivity index (χ0) is 17.7. The zero-order valence-electron chi connectivity index (χ0n) is 13.2. The number of carbonyl (C=O) groups is 1. The molecule has 1 N–H and O–H groups in total. The maximum absolute atomic E-state index is 13.7. The molecule has 0 unspecified atom stereocenters. The average Bonchev–Trinajstić information content (AvgIpc) is 2.56. The van der Waals surface area contributed by atoms with Gasteiger partial charge in [0.05, 0.1) is 19.9 Å². The summed E-state index contributed by atoms with van der Waals surface area (Å²) in [5, 5.41) is 2.57. The Bertz CT molecular complexity index is 753. The number of nitrogens with one attached hydrogen (secondary N) is 1. The Hall–Kier alpha value is -1.60. The normalized spacial score (nSPS) is 10.4. The zero-order valence-corrected chi connectivity index (χ0v) is 16.3. The number of aryl methyl sites for hydroxylation is 1. The van der Waals surface area contributed by atoms with E-state index in [1.54, 1.807) is 26.4 Å². The van der Waals surface area contributed by atoms with Crippen LogP contribution in [0.25, 0.3) is 0 Å². The summed E-state index contributed by atoms with van der Waals surface area (Å²) in [6.45, 7) is 0. The van der Waals surface area contributed by atoms with Crippen LogP contribution in [-0.2, 0) is 11.2 Å². The number of hydrogen-bond acceptors (Lipinski definition) is 3. The molecule has 0 radical (unpaired) electrons. The highest BCUT2D eigenvalue weighted by Gasteiger charge is 2.12. The molecule has 0 aliphatic carbocycles. The maximum Gasteiger partial charge on any atom is 0.224 e. The Kier molecular flexibility index (Phi) is 6.62. The minimum atomic E-state index is -0.481. The first-order chi connectivity index (χ1) is 11.4. The summed E-state index contributed by atoms with van der Waals surface area (Å²) in [7, 11) is 3.11. The molecule has 2 aromatic carbocycles. The molecule has 128 valence electrons. The Morgan fingerprint density at radius 3 is 2.42 bits per heavy atom. The van der Waals surface area contributed by atoms with E-state index in [1.807, 2.05) is 6.07 Å². The van der Waals surface area contributed by atoms with Crippen LogP contribution in [0.4, 0.5) is 10.1 Å². The van der Waals surface area contributed by atoms with Gasteiger partial charge in [0.15, 0.2) is 11.5 Å². The molecule has 4 nitrogen and oxygen atoms in total. The van der Waals surface area contributed by atoms with E-state index >= 15 is 0 Å². The van der Waals surface area contributed by atoms with Gasteiger partial charge in [-0.1, -0.05) is 31.9 Å². The minimum absolute atomic E-state index is 0.162. The van der Waals surface area contributed by atoms with Crippen molar-refractivity contribution in [1.29, 1.82) is 0 Å². The van der Waals surface area contributed by atoms with Crippen LogP contribution in [-0.4, -0.2) is 20.1 Å². The molecule has 0 fully saturated rings. The van der Waals surface area contributed by atoms with Crippen molar-refractivity contribution in [1.82, 2.24) is 0 Å². The van der Waals surface area contributed by atoms with Gasteiger partial charge in [0.25, 0.3) is 0 Å². The number of hydrogen-bond donors (Lipinski definition) is 1. The monoisotopic (exact) mass is 459 g/mol. The SMILES string of the molecule is COc1cc(Br)c(CCC(=O)Nc2ccc(Br)cc2F)cc1OC. The van der Waals surface area contributed by atoms with Crippen LogP contribution in [0, 0.1) is 5.82 Å². The number of halogens is 3. The first kappa shape index (κ1) is 18.7. The van der Waals surface area contributed by atoms with Gasteiger partial charge in [-0.05, 0) is 42.3 Å². The van der Waals surface area contributed by atoms with Crippen LogP contribution in [0.1, 0.15) is 12.0 Å². The van der Waals surface area contributed by atoms with Gasteiger partial charge in [0, 0.05) is 15.4 Å². The second-order valence-corrected chi connectivity index (χ2v) is 6.74. The molecule has 0 spiro atoms. The van der Waals surface area contributed by atoms with Gasteiger partial charge in [0.1, 0.15) is 5.82 Å². The quantitative estimate of drug-likeness (QED) is 0.664. The van der Waals surface area contributed by atoms with Crippen molar-refractivity contribution in [2.75, 3.05) is 19.5 Å². The van der Waals surface area contributed by atoms with Gasteiger partial charge in [-0.2, -0.15) is 0 Å². The van der Waals surface area contributed by atoms with E-state index in [1.165, 1.54) is 12.1 Å². The Balaban J connectivity index is 2.03. The van der Waals surface area contributed by atoms with Gasteiger partial charge < -0.3 is 14.8 Å². The van der Waals surface area contributed by atoms with Gasteiger partial charge in [-0.15, -0.1) is 0 Å². The summed E-state index contributed by atoms with van der Waals surface area (Å²) in [5.74, 6) is 0.451. The average molecular weight is 461 g/mol. The molecule has 0 aromatic heterocycles. The second kappa shape index (κ2) is 8.48. The summed E-state index contributed by atoms with van der Waals surface area (Å²) < 4.78 is 25.7. The van der Waals surface area contributed by atoms with E-state index in [2.05, 4.69) is 37.2 Å². The highest BCUT2D eigenvalue weighted by Crippen LogP contribution is 2.33. The number of carbonyl (C=O) groups excluding carboxylic acids is 1. The summed E-state index contributed by atoms with van der Waals surface area (Å²) >= 11 is 6.63. The standard InChI is InChI=1S/C17H16Br2FNO3/c1-23-15-7-10(12(19)9-16(15)24-2)3-6-17(22)21-14-5-4-11(18)8-13(14)20/h4-5,7-9H,3,6H2,1-2H3,(H,21,22). The summed E-state index contributed by atoms with van der Waals surface area (Å²) in [4.78, 5) is 12.1. The lowest BCUT2D eigenvalue weighted by Gasteiger charge is -2.12. The van der Waals surface area contributed by atoms with Crippen molar-refractivity contribution in [3.05, 3.63) is 50.7 Å². The fraction of sp³-hybridized carbons (Fsp3) is 0.235. The van der Waals surface area contributed by atoms with Gasteiger partial charge in [-0.3, -0.25) is 4.79 Å². The second-order valence-electron chi connectivity index (χ2n) is 4.97. The summed E-state index contributed by atoms with van der Waals surface area (Å²) in [6.07, 6.45) is 0.689. The maximum atomic E-state index is 13.7. The predicted octanol–water partition coefficient (Wildman–Crippen LogP) is 4.94. The number of anilines is 1. The number of amides is 1. The molecule has 0 aliphatic rings. The van der Waals surface area contributed by atoms with Crippen molar-refractivity contribution < 1.29 is 18.7 Å². The van der Waals surface area contributed by atoms with Crippen LogP contribution in [0.15, 0.2) is 39.3 Å². The molecule has 0 aliphatic heterocycles. The van der Waals surface area contributed by atoms with Crippen molar-refractivity contribution in [3.63, 3.8) is 0 Å². The van der Waals surface area contributed by atoms with Crippen molar-refractivity contribution in [2.24, 2.45) is 0 Å². The van der Waals surface area contributed by atoms with Crippen LogP contribution in [0.5, 0.6) is 11.5 Å². The van der Waals surface area contributed by atoms with Crippen LogP contribution < -0.4 is 14.8 Å². The predicted molar refractivity (Wildman–Crippen MR) is 98.3 cm³/mol. The molecule has 1 amide bonds. The van der Waals surface area contributed by atoms with Crippen molar-refractivity contribution in [2.45, 2.75) is 12.8 Å². The van der Waals surface area contributed by atoms with Gasteiger partial charge in [-0.25, -0.2) is 4.39 Å². The fourth-order valence-electron chi connectivity index (χ4n) is 2.14. The van der Waals surface area contributed by atoms with Crippen LogP contribution in [0.3, 0.4) is 0 Å². The van der Waals surface area contributed by atoms with Gasteiger partial charge in [0.2, 0.25) is 5.91 Å². The Labute approximate surface area is 156 Å². The molecule has 0 bridgehead atoms. The third kappa shape index (κ3) is 4.70. The van der Waals surface area contributed by atoms with Crippen LogP contribution >= 0.6 is 31.9 Å². The third-order valence-corrected chi connectivity index (χ3v) is 4.61. The lowest BCUT2D eigenvalue weighted by Crippen LogP contribution is -2.13. The molecule has 0 saturated heterocycles. The number of benzene rings is 2. The summed E-state index contributed by atoms with van der Waals surface area (Å²) in [6, 6.07) is 8.10. The minimum Gasteiger partial charge on any atom is -0.493 e. The van der Waals surface area contributed by atoms with E-state index in [9.17, 15) is 9.18 Å². The fourth-order valence-corrected chi connectivity index (χ4v) is 2.99. The van der Waals surface area contributed by atoms with Crippen LogP contribution in [0.2, 0.25) is 0 Å². The first-order valence-corrected chi connectivity index (χ1v) is 8.68. The number of rotatable bonds is 6. The molecule has 2 aromatic rings. The smallest absolute Gasteiger partial charge is 0.224 e.